The first-order chi connectivity index (χ1) is 10.5. The number of amides is 3. The topological polar surface area (TPSA) is 86.6 Å². The van der Waals surface area contributed by atoms with E-state index in [-0.39, 0.29) is 24.0 Å². The van der Waals surface area contributed by atoms with E-state index in [0.717, 1.165) is 11.0 Å². The number of carbonyl (C=O) groups is 2. The molecule has 2 aliphatic heterocycles. The summed E-state index contributed by atoms with van der Waals surface area (Å²) in [4.78, 5) is 25.9. The summed E-state index contributed by atoms with van der Waals surface area (Å²) < 4.78 is 2.72. The predicted molar refractivity (Wildman–Crippen MR) is 81.3 cm³/mol. The van der Waals surface area contributed by atoms with Gasteiger partial charge >= 0.3 is 6.03 Å². The van der Waals surface area contributed by atoms with Crippen molar-refractivity contribution in [3.8, 4) is 0 Å². The van der Waals surface area contributed by atoms with Gasteiger partial charge in [0, 0.05) is 13.0 Å². The van der Waals surface area contributed by atoms with Crippen LogP contribution < -0.4 is 10.6 Å². The van der Waals surface area contributed by atoms with Crippen LogP contribution in [0.15, 0.2) is 16.7 Å². The maximum absolute atomic E-state index is 12.3. The monoisotopic (exact) mass is 368 g/mol. The molecule has 3 N–H and O–H groups in total. The standard InChI is InChI=1S/C14H17BrN4O3/c1-2-5-18-13(21)17-11-10-8(6-14(11,18)22)19-7(12(20)16-10)3-4-9(19)15/h3-4,8,10-11,22H,2,5-6H2,1H3,(H,16,20)(H,17,21)/t8-,10-,11+,14+/m1/s1. The number of hydrogen-bond donors (Lipinski definition) is 3. The highest BCUT2D eigenvalue weighted by atomic mass is 79.9. The molecule has 22 heavy (non-hydrogen) atoms. The van der Waals surface area contributed by atoms with Crippen LogP contribution in [-0.4, -0.2) is 50.9 Å². The fourth-order valence-corrected chi connectivity index (χ4v) is 4.65. The van der Waals surface area contributed by atoms with E-state index < -0.39 is 11.8 Å². The molecule has 1 aromatic rings. The second-order valence-electron chi connectivity index (χ2n) is 6.14. The Morgan fingerprint density at radius 2 is 2.18 bits per heavy atom. The molecule has 0 unspecified atom stereocenters. The number of nitrogens with zero attached hydrogens (tertiary/aromatic N) is 2. The fourth-order valence-electron chi connectivity index (χ4n) is 4.06. The number of carbonyl (C=O) groups excluding carboxylic acids is 2. The molecule has 2 fully saturated rings. The Labute approximate surface area is 135 Å². The molecule has 1 aliphatic carbocycles. The van der Waals surface area contributed by atoms with Crippen LogP contribution in [0, 0.1) is 0 Å². The summed E-state index contributed by atoms with van der Waals surface area (Å²) in [6, 6.07) is 2.42. The number of aromatic nitrogens is 1. The van der Waals surface area contributed by atoms with E-state index in [9.17, 15) is 14.7 Å². The zero-order valence-electron chi connectivity index (χ0n) is 12.0. The summed E-state index contributed by atoms with van der Waals surface area (Å²) in [5.41, 5.74) is -0.689. The second-order valence-corrected chi connectivity index (χ2v) is 6.95. The van der Waals surface area contributed by atoms with Crippen molar-refractivity contribution in [2.75, 3.05) is 6.54 Å². The lowest BCUT2D eigenvalue weighted by molar-refractivity contribution is -0.0676. The van der Waals surface area contributed by atoms with Crippen LogP contribution in [0.5, 0.6) is 0 Å². The third kappa shape index (κ3) is 1.59. The zero-order valence-corrected chi connectivity index (χ0v) is 13.6. The average molecular weight is 369 g/mol. The van der Waals surface area contributed by atoms with Crippen LogP contribution in [0.25, 0.3) is 0 Å². The molecule has 0 bridgehead atoms. The lowest BCUT2D eigenvalue weighted by atomic mass is 10.1. The highest BCUT2D eigenvalue weighted by molar-refractivity contribution is 9.10. The molecular weight excluding hydrogens is 352 g/mol. The van der Waals surface area contributed by atoms with Gasteiger partial charge in [-0.25, -0.2) is 4.79 Å². The molecule has 4 atom stereocenters. The Morgan fingerprint density at radius 1 is 1.41 bits per heavy atom. The van der Waals surface area contributed by atoms with Gasteiger partial charge in [-0.2, -0.15) is 0 Å². The Balaban J connectivity index is 1.77. The van der Waals surface area contributed by atoms with E-state index in [4.69, 9.17) is 0 Å². The highest BCUT2D eigenvalue weighted by Crippen LogP contribution is 2.46. The van der Waals surface area contributed by atoms with E-state index in [1.165, 1.54) is 4.90 Å². The third-order valence-electron chi connectivity index (χ3n) is 4.95. The lowest BCUT2D eigenvalue weighted by Gasteiger charge is -2.32. The van der Waals surface area contributed by atoms with Crippen molar-refractivity contribution in [2.24, 2.45) is 0 Å². The van der Waals surface area contributed by atoms with Gasteiger partial charge in [0.25, 0.3) is 5.91 Å². The number of halogens is 1. The van der Waals surface area contributed by atoms with E-state index in [0.29, 0.717) is 18.7 Å². The fraction of sp³-hybridized carbons (Fsp3) is 0.571. The Kier molecular flexibility index (Phi) is 2.87. The molecule has 1 aromatic heterocycles. The number of fused-ring (bicyclic) bond motifs is 5. The molecule has 4 rings (SSSR count). The maximum atomic E-state index is 12.3. The van der Waals surface area contributed by atoms with Crippen molar-refractivity contribution in [3.63, 3.8) is 0 Å². The minimum absolute atomic E-state index is 0.0907. The normalized spacial score (nSPS) is 35.8. The molecule has 1 saturated heterocycles. The van der Waals surface area contributed by atoms with Crippen molar-refractivity contribution in [2.45, 2.75) is 43.6 Å². The van der Waals surface area contributed by atoms with Crippen LogP contribution in [-0.2, 0) is 0 Å². The van der Waals surface area contributed by atoms with Crippen LogP contribution >= 0.6 is 15.9 Å². The molecule has 7 nitrogen and oxygen atoms in total. The highest BCUT2D eigenvalue weighted by Gasteiger charge is 2.64. The van der Waals surface area contributed by atoms with Crippen molar-refractivity contribution < 1.29 is 14.7 Å². The van der Waals surface area contributed by atoms with Crippen LogP contribution in [0.3, 0.4) is 0 Å². The summed E-state index contributed by atoms with van der Waals surface area (Å²) in [6.45, 7) is 2.46. The van der Waals surface area contributed by atoms with Crippen molar-refractivity contribution in [3.05, 3.63) is 22.4 Å². The molecule has 0 spiro atoms. The first-order valence-electron chi connectivity index (χ1n) is 7.45. The van der Waals surface area contributed by atoms with Crippen molar-refractivity contribution in [1.82, 2.24) is 20.1 Å². The summed E-state index contributed by atoms with van der Waals surface area (Å²) >= 11 is 3.47. The largest absolute Gasteiger partial charge is 0.368 e. The van der Waals surface area contributed by atoms with E-state index >= 15 is 0 Å². The Bertz CT molecular complexity index is 675. The summed E-state index contributed by atoms with van der Waals surface area (Å²) in [5, 5.41) is 16.9. The van der Waals surface area contributed by atoms with Gasteiger partial charge in [-0.3, -0.25) is 9.69 Å². The van der Waals surface area contributed by atoms with Gasteiger partial charge in [-0.05, 0) is 34.5 Å². The number of rotatable bonds is 2. The maximum Gasteiger partial charge on any atom is 0.320 e. The number of aliphatic hydroxyl groups is 1. The molecule has 0 radical (unpaired) electrons. The SMILES string of the molecule is CCCN1C(=O)N[C@H]2[C@@H]3NC(=O)c4ccc(Br)n4[C@@H]3C[C@]21O. The minimum Gasteiger partial charge on any atom is -0.368 e. The number of nitrogens with one attached hydrogen (secondary N) is 2. The van der Waals surface area contributed by atoms with Gasteiger partial charge in [-0.15, -0.1) is 0 Å². The van der Waals surface area contributed by atoms with Crippen LogP contribution in [0.1, 0.15) is 36.3 Å². The van der Waals surface area contributed by atoms with E-state index in [2.05, 4.69) is 26.6 Å². The molecular formula is C14H17BrN4O3. The first-order valence-corrected chi connectivity index (χ1v) is 8.24. The number of hydrogen-bond acceptors (Lipinski definition) is 3. The van der Waals surface area contributed by atoms with Gasteiger partial charge in [0.05, 0.1) is 16.7 Å². The van der Waals surface area contributed by atoms with E-state index in [1.807, 2.05) is 17.6 Å². The Morgan fingerprint density at radius 3 is 2.91 bits per heavy atom. The zero-order chi connectivity index (χ0) is 15.6. The van der Waals surface area contributed by atoms with E-state index in [1.54, 1.807) is 6.07 Å². The molecule has 3 aliphatic rings. The van der Waals surface area contributed by atoms with Crippen molar-refractivity contribution in [1.29, 1.82) is 0 Å². The molecule has 8 heteroatoms. The summed E-state index contributed by atoms with van der Waals surface area (Å²) in [6.07, 6.45) is 1.16. The molecule has 118 valence electrons. The van der Waals surface area contributed by atoms with Crippen LogP contribution in [0.4, 0.5) is 4.79 Å². The minimum atomic E-state index is -1.26. The van der Waals surface area contributed by atoms with Gasteiger partial charge in [0.1, 0.15) is 11.7 Å². The van der Waals surface area contributed by atoms with Crippen molar-refractivity contribution >= 4 is 27.9 Å². The van der Waals surface area contributed by atoms with Gasteiger partial charge < -0.3 is 20.3 Å². The quantitative estimate of drug-likeness (QED) is 0.721. The summed E-state index contributed by atoms with van der Waals surface area (Å²) in [7, 11) is 0. The Hall–Kier alpha value is -1.54. The predicted octanol–water partition coefficient (Wildman–Crippen LogP) is 0.800. The van der Waals surface area contributed by atoms with Crippen LogP contribution in [0.2, 0.25) is 0 Å². The number of urea groups is 1. The average Bonchev–Trinajstić information content (AvgIpc) is 3.05. The molecule has 0 aromatic carbocycles. The summed E-state index contributed by atoms with van der Waals surface area (Å²) in [5.74, 6) is -0.181. The third-order valence-corrected chi connectivity index (χ3v) is 5.60. The van der Waals surface area contributed by atoms with Gasteiger partial charge in [0.2, 0.25) is 0 Å². The molecule has 3 heterocycles. The van der Waals surface area contributed by atoms with Gasteiger partial charge in [0.15, 0.2) is 5.72 Å². The lowest BCUT2D eigenvalue weighted by Crippen LogP contribution is -2.56. The molecule has 1 saturated carbocycles. The van der Waals surface area contributed by atoms with Gasteiger partial charge in [-0.1, -0.05) is 6.92 Å². The first kappa shape index (κ1) is 14.1. The second kappa shape index (κ2) is 4.48. The smallest absolute Gasteiger partial charge is 0.320 e. The molecule has 3 amide bonds.